The minimum Gasteiger partial charge on any atom is -0.325 e. The summed E-state index contributed by atoms with van der Waals surface area (Å²) in [5.74, 6) is -0.630. The molecule has 1 aliphatic carbocycles. The number of aromatic nitrogens is 2. The molecule has 1 N–H and O–H groups in total. The Labute approximate surface area is 166 Å². The van der Waals surface area contributed by atoms with Gasteiger partial charge in [0.05, 0.1) is 16.2 Å². The molecule has 3 aromatic rings. The molecular weight excluding hydrogens is 377 g/mol. The predicted molar refractivity (Wildman–Crippen MR) is 109 cm³/mol. The van der Waals surface area contributed by atoms with Crippen molar-refractivity contribution < 1.29 is 9.18 Å². The Kier molecular flexibility index (Phi) is 4.93. The number of halogens is 1. The average molecular weight is 397 g/mol. The molecule has 7 heteroatoms. The molecule has 1 aromatic heterocycles. The van der Waals surface area contributed by atoms with Crippen molar-refractivity contribution in [2.45, 2.75) is 43.1 Å². The van der Waals surface area contributed by atoms with Gasteiger partial charge in [0.15, 0.2) is 5.16 Å². The molecule has 1 heterocycles. The fraction of sp³-hybridized carbons (Fsp3) is 0.286. The van der Waals surface area contributed by atoms with Gasteiger partial charge in [0.25, 0.3) is 5.56 Å². The lowest BCUT2D eigenvalue weighted by Crippen LogP contribution is -2.26. The van der Waals surface area contributed by atoms with Gasteiger partial charge in [0.1, 0.15) is 5.82 Å². The maximum atomic E-state index is 13.7. The molecule has 1 amide bonds. The van der Waals surface area contributed by atoms with E-state index in [1.807, 2.05) is 12.1 Å². The highest BCUT2D eigenvalue weighted by Gasteiger charge is 2.30. The zero-order chi connectivity index (χ0) is 19.8. The Morgan fingerprint density at radius 2 is 2.04 bits per heavy atom. The lowest BCUT2D eigenvalue weighted by atomic mass is 10.2. The molecule has 28 heavy (non-hydrogen) atoms. The maximum absolute atomic E-state index is 13.7. The van der Waals surface area contributed by atoms with E-state index < -0.39 is 5.25 Å². The topological polar surface area (TPSA) is 64.0 Å². The fourth-order valence-corrected chi connectivity index (χ4v) is 3.97. The lowest BCUT2D eigenvalue weighted by molar-refractivity contribution is -0.115. The first-order valence-corrected chi connectivity index (χ1v) is 10.1. The SMILES string of the molecule is Cc1ccc(NC(=O)C(C)Sc2nc3ccccc3c(=O)n2C2CC2)cc1F. The molecule has 1 atom stereocenters. The number of para-hydroxylation sites is 1. The number of carbonyl (C=O) groups excluding carboxylic acids is 1. The Morgan fingerprint density at radius 3 is 2.75 bits per heavy atom. The van der Waals surface area contributed by atoms with E-state index in [9.17, 15) is 14.0 Å². The number of anilines is 1. The molecule has 0 bridgehead atoms. The smallest absolute Gasteiger partial charge is 0.262 e. The van der Waals surface area contributed by atoms with E-state index in [0.717, 1.165) is 12.8 Å². The minimum atomic E-state index is -0.498. The van der Waals surface area contributed by atoms with E-state index in [-0.39, 0.29) is 23.3 Å². The van der Waals surface area contributed by atoms with Crippen molar-refractivity contribution in [1.82, 2.24) is 9.55 Å². The second-order valence-electron chi connectivity index (χ2n) is 7.03. The van der Waals surface area contributed by atoms with E-state index in [0.29, 0.717) is 27.3 Å². The first-order chi connectivity index (χ1) is 13.4. The van der Waals surface area contributed by atoms with Crippen molar-refractivity contribution in [3.8, 4) is 0 Å². The number of nitrogens with one attached hydrogen (secondary N) is 1. The number of thioether (sulfide) groups is 1. The van der Waals surface area contributed by atoms with Gasteiger partial charge in [0.2, 0.25) is 5.91 Å². The van der Waals surface area contributed by atoms with Crippen LogP contribution in [-0.2, 0) is 4.79 Å². The maximum Gasteiger partial charge on any atom is 0.262 e. The number of hydrogen-bond donors (Lipinski definition) is 1. The van der Waals surface area contributed by atoms with Gasteiger partial charge in [-0.15, -0.1) is 0 Å². The molecule has 5 nitrogen and oxygen atoms in total. The van der Waals surface area contributed by atoms with Crippen molar-refractivity contribution in [3.63, 3.8) is 0 Å². The summed E-state index contributed by atoms with van der Waals surface area (Å²) < 4.78 is 15.4. The van der Waals surface area contributed by atoms with E-state index in [1.54, 1.807) is 42.7 Å². The highest BCUT2D eigenvalue weighted by molar-refractivity contribution is 8.00. The second-order valence-corrected chi connectivity index (χ2v) is 8.34. The van der Waals surface area contributed by atoms with Crippen LogP contribution in [0, 0.1) is 12.7 Å². The van der Waals surface area contributed by atoms with Crippen LogP contribution in [0.4, 0.5) is 10.1 Å². The third kappa shape index (κ3) is 3.67. The van der Waals surface area contributed by atoms with Crippen LogP contribution in [0.3, 0.4) is 0 Å². The van der Waals surface area contributed by atoms with Crippen LogP contribution in [0.1, 0.15) is 31.4 Å². The van der Waals surface area contributed by atoms with Crippen molar-refractivity contribution in [1.29, 1.82) is 0 Å². The second kappa shape index (κ2) is 7.39. The third-order valence-electron chi connectivity index (χ3n) is 4.78. The largest absolute Gasteiger partial charge is 0.325 e. The monoisotopic (exact) mass is 397 g/mol. The molecule has 1 unspecified atom stereocenters. The van der Waals surface area contributed by atoms with Crippen LogP contribution >= 0.6 is 11.8 Å². The Hall–Kier alpha value is -2.67. The third-order valence-corrected chi connectivity index (χ3v) is 5.84. The lowest BCUT2D eigenvalue weighted by Gasteiger charge is -2.16. The van der Waals surface area contributed by atoms with Crippen molar-refractivity contribution in [3.05, 3.63) is 64.2 Å². The minimum absolute atomic E-state index is 0.0659. The Balaban J connectivity index is 1.60. The highest BCUT2D eigenvalue weighted by atomic mass is 32.2. The van der Waals surface area contributed by atoms with Gasteiger partial charge in [-0.05, 0) is 56.5 Å². The molecule has 0 saturated heterocycles. The van der Waals surface area contributed by atoms with Gasteiger partial charge < -0.3 is 5.32 Å². The fourth-order valence-electron chi connectivity index (χ4n) is 2.99. The van der Waals surface area contributed by atoms with Crippen LogP contribution < -0.4 is 10.9 Å². The summed E-state index contributed by atoms with van der Waals surface area (Å²) in [6.07, 6.45) is 1.88. The molecule has 4 rings (SSSR count). The number of hydrogen-bond acceptors (Lipinski definition) is 4. The Morgan fingerprint density at radius 1 is 1.29 bits per heavy atom. The zero-order valence-corrected chi connectivity index (χ0v) is 16.4. The van der Waals surface area contributed by atoms with Crippen LogP contribution in [0.25, 0.3) is 10.9 Å². The summed E-state index contributed by atoms with van der Waals surface area (Å²) in [6.45, 7) is 3.42. The molecule has 0 radical (unpaired) electrons. The summed E-state index contributed by atoms with van der Waals surface area (Å²) in [5, 5.41) is 3.37. The number of nitrogens with zero attached hydrogens (tertiary/aromatic N) is 2. The van der Waals surface area contributed by atoms with Crippen LogP contribution in [0.5, 0.6) is 0 Å². The number of benzene rings is 2. The summed E-state index contributed by atoms with van der Waals surface area (Å²) in [7, 11) is 0. The normalized spacial score (nSPS) is 14.8. The zero-order valence-electron chi connectivity index (χ0n) is 15.6. The molecule has 0 spiro atoms. The van der Waals surface area contributed by atoms with Gasteiger partial charge in [0, 0.05) is 11.7 Å². The van der Waals surface area contributed by atoms with E-state index in [2.05, 4.69) is 10.3 Å². The van der Waals surface area contributed by atoms with Crippen LogP contribution in [-0.4, -0.2) is 20.7 Å². The van der Waals surface area contributed by atoms with E-state index in [4.69, 9.17) is 0 Å². The molecular formula is C21H20FN3O2S. The summed E-state index contributed by atoms with van der Waals surface area (Å²) in [4.78, 5) is 30.1. The van der Waals surface area contributed by atoms with Crippen molar-refractivity contribution in [2.75, 3.05) is 5.32 Å². The number of aryl methyl sites for hydroxylation is 1. The number of fused-ring (bicyclic) bond motifs is 1. The average Bonchev–Trinajstić information content (AvgIpc) is 3.50. The van der Waals surface area contributed by atoms with Crippen LogP contribution in [0.2, 0.25) is 0 Å². The molecule has 1 aliphatic rings. The highest BCUT2D eigenvalue weighted by Crippen LogP contribution is 2.37. The summed E-state index contributed by atoms with van der Waals surface area (Å²) in [6, 6.07) is 12.0. The summed E-state index contributed by atoms with van der Waals surface area (Å²) >= 11 is 1.25. The van der Waals surface area contributed by atoms with Gasteiger partial charge >= 0.3 is 0 Å². The molecule has 1 fully saturated rings. The van der Waals surface area contributed by atoms with Gasteiger partial charge in [-0.2, -0.15) is 0 Å². The van der Waals surface area contributed by atoms with E-state index >= 15 is 0 Å². The van der Waals surface area contributed by atoms with E-state index in [1.165, 1.54) is 17.8 Å². The Bertz CT molecular complexity index is 1120. The standard InChI is InChI=1S/C21H20FN3O2S/c1-12-7-8-14(11-17(12)22)23-19(26)13(2)28-21-24-18-6-4-3-5-16(18)20(27)25(21)15-9-10-15/h3-8,11,13,15H,9-10H2,1-2H3,(H,23,26). The molecule has 0 aliphatic heterocycles. The van der Waals surface area contributed by atoms with Crippen LogP contribution in [0.15, 0.2) is 52.4 Å². The molecule has 2 aromatic carbocycles. The molecule has 144 valence electrons. The summed E-state index contributed by atoms with van der Waals surface area (Å²) in [5.41, 5.74) is 1.49. The van der Waals surface area contributed by atoms with Crippen molar-refractivity contribution >= 4 is 34.3 Å². The molecule has 1 saturated carbocycles. The number of carbonyl (C=O) groups is 1. The predicted octanol–water partition coefficient (Wildman–Crippen LogP) is 4.30. The van der Waals surface area contributed by atoms with Gasteiger partial charge in [-0.25, -0.2) is 9.37 Å². The van der Waals surface area contributed by atoms with Gasteiger partial charge in [-0.3, -0.25) is 14.2 Å². The van der Waals surface area contributed by atoms with Gasteiger partial charge in [-0.1, -0.05) is 30.0 Å². The number of amides is 1. The number of rotatable bonds is 5. The quantitative estimate of drug-likeness (QED) is 0.515. The first-order valence-electron chi connectivity index (χ1n) is 9.19. The van der Waals surface area contributed by atoms with Crippen molar-refractivity contribution in [2.24, 2.45) is 0 Å². The first kappa shape index (κ1) is 18.7.